The summed E-state index contributed by atoms with van der Waals surface area (Å²) in [6.07, 6.45) is 2.71. The summed E-state index contributed by atoms with van der Waals surface area (Å²) in [5, 5.41) is 31.0. The first kappa shape index (κ1) is 56.1. The standard InChI is InChI=1S/2C20H19ClN5O2.4ClH.2Cu/c2*1-20(2,3)18(27)17(19-22-12-23-26-19)28-16-10-8-15(9-11-16)25-24-14-6-4-13(21)5-7-14;;;;;;/h2*4-12H,1-3H3,(H,22,23,26);4*1H;;/q;;;;;;2*+2/p-4. The molecule has 0 aliphatic rings. The van der Waals surface area contributed by atoms with Crippen molar-refractivity contribution >= 4 is 57.5 Å². The first-order valence-corrected chi connectivity index (χ1v) is 19.1. The third-order valence-electron chi connectivity index (χ3n) is 7.67. The molecule has 2 heterocycles. The molecule has 2 unspecified atom stereocenters. The molecule has 6 rings (SSSR count). The van der Waals surface area contributed by atoms with Gasteiger partial charge in [0.1, 0.15) is 0 Å². The van der Waals surface area contributed by atoms with Gasteiger partial charge >= 0.3 is 341 Å². The average molecular weight is 1060 g/mol. The second-order valence-corrected chi connectivity index (χ2v) is 16.6. The Kier molecular flexibility index (Phi) is 21.9. The van der Waals surface area contributed by atoms with Crippen molar-refractivity contribution in [3.05, 3.63) is 131 Å². The summed E-state index contributed by atoms with van der Waals surface area (Å²) in [5.41, 5.74) is 1.09. The fourth-order valence-corrected chi connectivity index (χ4v) is 6.13. The van der Waals surface area contributed by atoms with E-state index in [1.54, 1.807) is 139 Å². The smallest absolute Gasteiger partial charge is 1.00 e. The molecular weight excluding hydrogens is 1020 g/mol. The molecule has 2 N–H and O–H groups in total. The summed E-state index contributed by atoms with van der Waals surface area (Å²) in [6, 6.07) is 27.5. The molecule has 6 aromatic rings. The fourth-order valence-electron chi connectivity index (χ4n) is 4.72. The number of aromatic nitrogens is 6. The van der Waals surface area contributed by atoms with E-state index in [0.29, 0.717) is 44.3 Å². The van der Waals surface area contributed by atoms with Gasteiger partial charge in [-0.15, -0.1) is 0 Å². The third kappa shape index (κ3) is 15.1. The number of H-pyrrole nitrogens is 2. The van der Waals surface area contributed by atoms with Crippen LogP contribution in [-0.4, -0.2) is 41.9 Å². The number of azo groups is 2. The topological polar surface area (TPSA) is 185 Å². The van der Waals surface area contributed by atoms with Gasteiger partial charge in [-0.1, -0.05) is 23.2 Å². The van der Waals surface area contributed by atoms with Crippen LogP contribution in [0.25, 0.3) is 0 Å². The number of ether oxygens (including phenoxy) is 2. The number of halogens is 6. The Bertz CT molecular complexity index is 2180. The Morgan fingerprint density at radius 1 is 0.500 bits per heavy atom. The van der Waals surface area contributed by atoms with Crippen LogP contribution in [0.15, 0.2) is 130 Å². The molecule has 0 bridgehead atoms. The van der Waals surface area contributed by atoms with Gasteiger partial charge in [0.25, 0.3) is 0 Å². The zero-order chi connectivity index (χ0) is 42.1. The van der Waals surface area contributed by atoms with E-state index in [-0.39, 0.29) is 72.8 Å². The molecule has 22 heteroatoms. The fraction of sp³-hybridized carbons (Fsp3) is 0.250. The number of nitrogens with one attached hydrogen (secondary N) is 2. The minimum atomic E-state index is -1.77. The predicted molar refractivity (Wildman–Crippen MR) is 210 cm³/mol. The number of nitrogens with zero attached hydrogens (tertiary/aromatic N) is 8. The van der Waals surface area contributed by atoms with Gasteiger partial charge in [0.05, 0.1) is 0 Å². The van der Waals surface area contributed by atoms with Crippen LogP contribution >= 0.6 is 23.2 Å². The van der Waals surface area contributed by atoms with Gasteiger partial charge in [-0.25, -0.2) is 0 Å². The summed E-state index contributed by atoms with van der Waals surface area (Å²) in [4.78, 5) is 34.0. The summed E-state index contributed by atoms with van der Waals surface area (Å²) in [7, 11) is 0. The molecule has 14 nitrogen and oxygen atoms in total. The molecule has 62 heavy (non-hydrogen) atoms. The van der Waals surface area contributed by atoms with Crippen LogP contribution < -0.4 is 59.1 Å². The number of ketones is 2. The number of hydrogen-bond acceptors (Lipinski definition) is 12. The van der Waals surface area contributed by atoms with Crippen molar-refractivity contribution in [1.29, 1.82) is 0 Å². The molecule has 336 valence electrons. The summed E-state index contributed by atoms with van der Waals surface area (Å²) < 4.78 is 8.25. The van der Waals surface area contributed by atoms with Gasteiger partial charge in [0, 0.05) is 0 Å². The van der Waals surface area contributed by atoms with Gasteiger partial charge in [0.2, 0.25) is 0 Å². The first-order valence-electron chi connectivity index (χ1n) is 17.4. The van der Waals surface area contributed by atoms with E-state index in [1.165, 1.54) is 12.7 Å². The largest absolute Gasteiger partial charge is 1.00 e. The van der Waals surface area contributed by atoms with Gasteiger partial charge < -0.3 is 49.6 Å². The normalized spacial score (nSPS) is 13.1. The molecule has 4 aromatic carbocycles. The molecule has 0 amide bonds. The zero-order valence-corrected chi connectivity index (χ0v) is 39.9. The summed E-state index contributed by atoms with van der Waals surface area (Å²) in [6.45, 7) is 10.6. The van der Waals surface area contributed by atoms with E-state index in [9.17, 15) is 9.59 Å². The van der Waals surface area contributed by atoms with Crippen molar-refractivity contribution in [2.75, 3.05) is 0 Å². The molecule has 0 fully saturated rings. The Labute approximate surface area is 410 Å². The molecule has 0 aliphatic carbocycles. The zero-order valence-electron chi connectivity index (χ0n) is 33.5. The summed E-state index contributed by atoms with van der Waals surface area (Å²) >= 11 is 23.2. The first-order chi connectivity index (χ1) is 27.4. The summed E-state index contributed by atoms with van der Waals surface area (Å²) in [5.74, 6) is 0.310. The minimum Gasteiger partial charge on any atom is -1.00 e. The minimum absolute atomic E-state index is 0. The van der Waals surface area contributed by atoms with E-state index < -0.39 is 19.8 Å². The average Bonchev–Trinajstić information content (AvgIpc) is 3.95. The third-order valence-corrected chi connectivity index (χ3v) is 9.22. The van der Waals surface area contributed by atoms with Crippen molar-refractivity contribution in [3.8, 4) is 11.5 Å². The Balaban J connectivity index is 0.000000582. The van der Waals surface area contributed by atoms with Gasteiger partial charge in [0.15, 0.2) is 0 Å². The van der Waals surface area contributed by atoms with Gasteiger partial charge in [-0.3, -0.25) is 0 Å². The van der Waals surface area contributed by atoms with Crippen LogP contribution in [0, 0.1) is 10.8 Å². The van der Waals surface area contributed by atoms with E-state index in [4.69, 9.17) is 64.7 Å². The van der Waals surface area contributed by atoms with Crippen LogP contribution in [0.5, 0.6) is 11.5 Å². The maximum Gasteiger partial charge on any atom is -1.00 e. The number of rotatable bonds is 12. The van der Waals surface area contributed by atoms with Crippen LogP contribution in [0.2, 0.25) is 10.0 Å². The Morgan fingerprint density at radius 3 is 0.984 bits per heavy atom. The molecule has 0 radical (unpaired) electrons. The Hall–Kier alpha value is -3.92. The molecule has 0 aliphatic heterocycles. The SMILES string of the molecule is CC(C)(C)C(=O)[C]([Cu+2])(Oc1ccc(N=Nc2ccc(Cl)cc2)cc1)c1nc[nH]n1.CC(C)(C)C(=O)[C]([Cu+2])(Oc1ccc(N=Nc2ccc(Cl)cc2)cc1)c1nc[nH]n1.[Cl-].[Cl-].[Cl-].[Cl-]. The molecule has 0 saturated heterocycles. The second-order valence-electron chi connectivity index (χ2n) is 14.4. The number of aromatic amines is 2. The van der Waals surface area contributed by atoms with Crippen molar-refractivity contribution in [2.24, 2.45) is 31.3 Å². The molecule has 0 saturated carbocycles. The second kappa shape index (κ2) is 24.2. The number of carbonyl (C=O) groups excluding carboxylic acids is 2. The maximum absolute atomic E-state index is 13.0. The number of hydrogen-bond donors (Lipinski definition) is 2. The molecule has 0 spiro atoms. The van der Waals surface area contributed by atoms with Crippen LogP contribution in [-0.2, 0) is 50.6 Å². The van der Waals surface area contributed by atoms with Crippen LogP contribution in [0.4, 0.5) is 22.7 Å². The predicted octanol–water partition coefficient (Wildman–Crippen LogP) is -1.45. The molecular formula is C40H38Cl6Cu2N10O4. The van der Waals surface area contributed by atoms with Gasteiger partial charge in [-0.05, 0) is 0 Å². The monoisotopic (exact) mass is 1060 g/mol. The number of carbonyl (C=O) groups is 2. The number of benzene rings is 4. The molecule has 2 aromatic heterocycles. The quantitative estimate of drug-likeness (QED) is 0.110. The van der Waals surface area contributed by atoms with E-state index >= 15 is 0 Å². The van der Waals surface area contributed by atoms with Crippen molar-refractivity contribution in [2.45, 2.75) is 50.5 Å². The van der Waals surface area contributed by atoms with Crippen LogP contribution in [0.3, 0.4) is 0 Å². The Morgan fingerprint density at radius 2 is 0.758 bits per heavy atom. The van der Waals surface area contributed by atoms with Crippen molar-refractivity contribution in [3.63, 3.8) is 0 Å². The number of Topliss-reactive ketones (excluding diaryl/α,β-unsaturated/α-hetero) is 2. The van der Waals surface area contributed by atoms with Crippen LogP contribution in [0.1, 0.15) is 53.2 Å². The van der Waals surface area contributed by atoms with E-state index in [1.807, 2.05) is 0 Å². The van der Waals surface area contributed by atoms with E-state index in [0.717, 1.165) is 0 Å². The maximum atomic E-state index is 13.0. The van der Waals surface area contributed by atoms with Crippen molar-refractivity contribution < 1.29 is 101 Å². The molecule has 2 atom stereocenters. The van der Waals surface area contributed by atoms with Gasteiger partial charge in [-0.2, -0.15) is 0 Å². The van der Waals surface area contributed by atoms with E-state index in [2.05, 4.69) is 50.8 Å². The van der Waals surface area contributed by atoms with Crippen molar-refractivity contribution in [1.82, 2.24) is 30.4 Å².